The van der Waals surface area contributed by atoms with E-state index >= 15 is 0 Å². The molecule has 1 amide bonds. The first-order valence-electron chi connectivity index (χ1n) is 9.49. The fourth-order valence-electron chi connectivity index (χ4n) is 3.93. The monoisotopic (exact) mass is 399 g/mol. The standard InChI is InChI=1S/C20H22ClN5O2/c1-14-23-17(12-22)20(28-14)25-9-7-24(8-10-25)19(27)13-26-6-2-3-15-11-16(21)4-5-18(15)26/h4-5,11H,2-3,6-10,13H2,1H3. The van der Waals surface area contributed by atoms with Gasteiger partial charge in [-0.3, -0.25) is 4.79 Å². The first-order chi connectivity index (χ1) is 13.5. The molecule has 0 N–H and O–H groups in total. The second kappa shape index (κ2) is 7.72. The van der Waals surface area contributed by atoms with Crippen molar-refractivity contribution in [1.82, 2.24) is 9.88 Å². The Balaban J connectivity index is 1.38. The molecule has 7 nitrogen and oxygen atoms in total. The first kappa shape index (κ1) is 18.6. The molecule has 1 aromatic carbocycles. The van der Waals surface area contributed by atoms with Crippen LogP contribution in [-0.4, -0.2) is 55.1 Å². The van der Waals surface area contributed by atoms with E-state index in [4.69, 9.17) is 16.0 Å². The van der Waals surface area contributed by atoms with E-state index in [1.165, 1.54) is 5.56 Å². The Morgan fingerprint density at radius 3 is 2.82 bits per heavy atom. The summed E-state index contributed by atoms with van der Waals surface area (Å²) in [7, 11) is 0. The highest BCUT2D eigenvalue weighted by molar-refractivity contribution is 6.30. The summed E-state index contributed by atoms with van der Waals surface area (Å²) in [6, 6.07) is 7.97. The maximum Gasteiger partial charge on any atom is 0.242 e. The van der Waals surface area contributed by atoms with Crippen LogP contribution in [0, 0.1) is 18.3 Å². The topological polar surface area (TPSA) is 76.6 Å². The Hall–Kier alpha value is -2.72. The number of aromatic nitrogens is 1. The Labute approximate surface area is 169 Å². The van der Waals surface area contributed by atoms with Crippen molar-refractivity contribution < 1.29 is 9.21 Å². The van der Waals surface area contributed by atoms with Crippen molar-refractivity contribution in [3.05, 3.63) is 40.4 Å². The lowest BCUT2D eigenvalue weighted by molar-refractivity contribution is -0.130. The Kier molecular flexibility index (Phi) is 5.14. The summed E-state index contributed by atoms with van der Waals surface area (Å²) in [5, 5.41) is 9.94. The maximum atomic E-state index is 12.9. The molecule has 4 rings (SSSR count). The zero-order valence-corrected chi connectivity index (χ0v) is 16.6. The number of nitrogens with zero attached hydrogens (tertiary/aromatic N) is 5. The third-order valence-corrected chi connectivity index (χ3v) is 5.56. The smallest absolute Gasteiger partial charge is 0.242 e. The van der Waals surface area contributed by atoms with Gasteiger partial charge in [0.2, 0.25) is 17.5 Å². The summed E-state index contributed by atoms with van der Waals surface area (Å²) in [5.41, 5.74) is 2.63. The van der Waals surface area contributed by atoms with Crippen LogP contribution in [-0.2, 0) is 11.2 Å². The highest BCUT2D eigenvalue weighted by Crippen LogP contribution is 2.29. The summed E-state index contributed by atoms with van der Waals surface area (Å²) in [5.74, 6) is 1.11. The van der Waals surface area contributed by atoms with Crippen molar-refractivity contribution >= 4 is 29.1 Å². The zero-order valence-electron chi connectivity index (χ0n) is 15.8. The van der Waals surface area contributed by atoms with E-state index in [1.54, 1.807) is 6.92 Å². The molecule has 1 fully saturated rings. The highest BCUT2D eigenvalue weighted by Gasteiger charge is 2.27. The summed E-state index contributed by atoms with van der Waals surface area (Å²) in [4.78, 5) is 23.0. The van der Waals surface area contributed by atoms with E-state index in [0.717, 1.165) is 30.1 Å². The van der Waals surface area contributed by atoms with E-state index in [0.29, 0.717) is 50.2 Å². The molecule has 28 heavy (non-hydrogen) atoms. The summed E-state index contributed by atoms with van der Waals surface area (Å²) >= 11 is 6.11. The van der Waals surface area contributed by atoms with E-state index < -0.39 is 0 Å². The van der Waals surface area contributed by atoms with Gasteiger partial charge in [0, 0.05) is 50.4 Å². The number of carbonyl (C=O) groups excluding carboxylic acids is 1. The van der Waals surface area contributed by atoms with Crippen LogP contribution in [0.15, 0.2) is 22.6 Å². The molecule has 0 aliphatic carbocycles. The van der Waals surface area contributed by atoms with Crippen LogP contribution in [0.25, 0.3) is 0 Å². The number of rotatable bonds is 3. The molecule has 3 heterocycles. The van der Waals surface area contributed by atoms with Gasteiger partial charge in [0.05, 0.1) is 6.54 Å². The fraction of sp³-hybridized carbons (Fsp3) is 0.450. The normalized spacial score (nSPS) is 16.7. The van der Waals surface area contributed by atoms with Gasteiger partial charge in [-0.05, 0) is 36.6 Å². The number of benzene rings is 1. The molecular weight excluding hydrogens is 378 g/mol. The van der Waals surface area contributed by atoms with Crippen molar-refractivity contribution in [3.63, 3.8) is 0 Å². The molecule has 0 saturated carbocycles. The second-order valence-corrected chi connectivity index (χ2v) is 7.60. The molecule has 2 aliphatic rings. The molecule has 0 bridgehead atoms. The number of aryl methyl sites for hydroxylation is 2. The van der Waals surface area contributed by atoms with Crippen LogP contribution in [0.4, 0.5) is 11.6 Å². The average Bonchev–Trinajstić information content (AvgIpc) is 3.09. The van der Waals surface area contributed by atoms with E-state index in [9.17, 15) is 10.1 Å². The lowest BCUT2D eigenvalue weighted by atomic mass is 10.0. The number of halogens is 1. The van der Waals surface area contributed by atoms with Gasteiger partial charge in [-0.1, -0.05) is 11.6 Å². The van der Waals surface area contributed by atoms with Crippen LogP contribution in [0.2, 0.25) is 5.02 Å². The number of hydrogen-bond donors (Lipinski definition) is 0. The predicted molar refractivity (Wildman–Crippen MR) is 107 cm³/mol. The molecule has 0 unspecified atom stereocenters. The Bertz CT molecular complexity index is 927. The third-order valence-electron chi connectivity index (χ3n) is 5.32. The number of oxazole rings is 1. The van der Waals surface area contributed by atoms with Gasteiger partial charge in [0.15, 0.2) is 5.89 Å². The predicted octanol–water partition coefficient (Wildman–Crippen LogP) is 2.61. The maximum absolute atomic E-state index is 12.9. The van der Waals surface area contributed by atoms with Gasteiger partial charge in [0.1, 0.15) is 6.07 Å². The average molecular weight is 400 g/mol. The van der Waals surface area contributed by atoms with Gasteiger partial charge in [-0.15, -0.1) is 0 Å². The van der Waals surface area contributed by atoms with E-state index in [-0.39, 0.29) is 5.91 Å². The van der Waals surface area contributed by atoms with Gasteiger partial charge in [-0.2, -0.15) is 5.26 Å². The molecule has 2 aromatic rings. The molecular formula is C20H22ClN5O2. The Morgan fingerprint density at radius 1 is 1.29 bits per heavy atom. The molecule has 1 saturated heterocycles. The fourth-order valence-corrected chi connectivity index (χ4v) is 4.13. The largest absolute Gasteiger partial charge is 0.424 e. The number of amides is 1. The molecule has 2 aliphatic heterocycles. The zero-order chi connectivity index (χ0) is 19.7. The summed E-state index contributed by atoms with van der Waals surface area (Å²) < 4.78 is 5.58. The van der Waals surface area contributed by atoms with Gasteiger partial charge in [-0.25, -0.2) is 4.98 Å². The second-order valence-electron chi connectivity index (χ2n) is 7.16. The van der Waals surface area contributed by atoms with Crippen LogP contribution in [0.1, 0.15) is 23.6 Å². The van der Waals surface area contributed by atoms with Crippen LogP contribution < -0.4 is 9.80 Å². The molecule has 1 aromatic heterocycles. The molecule has 8 heteroatoms. The van der Waals surface area contributed by atoms with E-state index in [1.807, 2.05) is 28.0 Å². The number of fused-ring (bicyclic) bond motifs is 1. The van der Waals surface area contributed by atoms with Crippen LogP contribution in [0.3, 0.4) is 0 Å². The quantitative estimate of drug-likeness (QED) is 0.789. The lowest BCUT2D eigenvalue weighted by Crippen LogP contribution is -2.51. The highest BCUT2D eigenvalue weighted by atomic mass is 35.5. The van der Waals surface area contributed by atoms with Crippen molar-refractivity contribution in [3.8, 4) is 6.07 Å². The minimum atomic E-state index is 0.122. The number of carbonyl (C=O) groups is 1. The Morgan fingerprint density at radius 2 is 2.07 bits per heavy atom. The van der Waals surface area contributed by atoms with Crippen LogP contribution >= 0.6 is 11.6 Å². The van der Waals surface area contributed by atoms with Gasteiger partial charge in [0.25, 0.3) is 0 Å². The van der Waals surface area contributed by atoms with E-state index in [2.05, 4.69) is 16.0 Å². The first-order valence-corrected chi connectivity index (χ1v) is 9.86. The van der Waals surface area contributed by atoms with Gasteiger partial charge < -0.3 is 19.1 Å². The number of anilines is 2. The van der Waals surface area contributed by atoms with Gasteiger partial charge >= 0.3 is 0 Å². The molecule has 0 radical (unpaired) electrons. The minimum absolute atomic E-state index is 0.122. The minimum Gasteiger partial charge on any atom is -0.424 e. The number of hydrogen-bond acceptors (Lipinski definition) is 6. The summed E-state index contributed by atoms with van der Waals surface area (Å²) in [6.45, 7) is 5.44. The molecule has 0 spiro atoms. The summed E-state index contributed by atoms with van der Waals surface area (Å²) in [6.07, 6.45) is 2.02. The van der Waals surface area contributed by atoms with Crippen molar-refractivity contribution in [2.75, 3.05) is 49.1 Å². The SMILES string of the molecule is Cc1nc(C#N)c(N2CCN(C(=O)CN3CCCc4cc(Cl)ccc43)CC2)o1. The number of nitriles is 1. The molecule has 0 atom stereocenters. The van der Waals surface area contributed by atoms with Crippen molar-refractivity contribution in [2.24, 2.45) is 0 Å². The number of piperazine rings is 1. The van der Waals surface area contributed by atoms with Crippen molar-refractivity contribution in [1.29, 1.82) is 5.26 Å². The lowest BCUT2D eigenvalue weighted by Gasteiger charge is -2.37. The third kappa shape index (κ3) is 3.65. The van der Waals surface area contributed by atoms with Crippen molar-refractivity contribution in [2.45, 2.75) is 19.8 Å². The molecule has 146 valence electrons. The van der Waals surface area contributed by atoms with Crippen LogP contribution in [0.5, 0.6) is 0 Å².